The molecule has 4 atom stereocenters. The maximum atomic E-state index is 14.3. The van der Waals surface area contributed by atoms with Gasteiger partial charge < -0.3 is 10.1 Å². The average Bonchev–Trinajstić information content (AvgIpc) is 3.31. The number of urea groups is 1. The van der Waals surface area contributed by atoms with Crippen LogP contribution < -0.4 is 5.32 Å². The van der Waals surface area contributed by atoms with Gasteiger partial charge in [-0.25, -0.2) is 13.2 Å². The smallest absolute Gasteiger partial charge is 0.330 e. The Balaban J connectivity index is 1.57. The topological polar surface area (TPSA) is 108 Å². The molecule has 3 aliphatic heterocycles. The number of benzene rings is 2. The van der Waals surface area contributed by atoms with Gasteiger partial charge in [-0.2, -0.15) is 0 Å². The molecule has 0 saturated carbocycles. The number of amides is 3. The molecule has 1 aliphatic carbocycles. The largest absolute Gasteiger partial charge is 0.368 e. The number of halogens is 1. The van der Waals surface area contributed by atoms with E-state index >= 15 is 0 Å². The third-order valence-electron chi connectivity index (χ3n) is 8.03. The van der Waals surface area contributed by atoms with E-state index in [2.05, 4.69) is 5.32 Å². The van der Waals surface area contributed by atoms with Gasteiger partial charge in [0.25, 0.3) is 0 Å². The minimum atomic E-state index is -3.39. The molecule has 3 amide bonds. The second-order valence-corrected chi connectivity index (χ2v) is 13.0. The molecule has 3 heterocycles. The van der Waals surface area contributed by atoms with E-state index in [1.807, 2.05) is 38.1 Å². The molecular weight excluding hydrogens is 540 g/mol. The number of rotatable bonds is 4. The normalized spacial score (nSPS) is 29.7. The summed E-state index contributed by atoms with van der Waals surface area (Å²) in [6.07, 6.45) is 5.02. The molecule has 0 radical (unpaired) electrons. The number of hydrogen-bond acceptors (Lipinski definition) is 6. The Labute approximate surface area is 231 Å². The van der Waals surface area contributed by atoms with E-state index in [1.54, 1.807) is 48.4 Å². The lowest BCUT2D eigenvalue weighted by molar-refractivity contribution is -0.122. The number of ether oxygens (including phenoxy) is 1. The predicted octanol–water partition coefficient (Wildman–Crippen LogP) is 4.00. The van der Waals surface area contributed by atoms with Crippen LogP contribution in [0.25, 0.3) is 0 Å². The molecule has 202 valence electrons. The van der Waals surface area contributed by atoms with Gasteiger partial charge in [-0.1, -0.05) is 41.9 Å². The highest BCUT2D eigenvalue weighted by molar-refractivity contribution is 7.90. The maximum Gasteiger partial charge on any atom is 0.330 e. The minimum absolute atomic E-state index is 0.138. The molecule has 0 spiro atoms. The van der Waals surface area contributed by atoms with Gasteiger partial charge in [0.15, 0.2) is 9.84 Å². The summed E-state index contributed by atoms with van der Waals surface area (Å²) >= 11 is 6.38. The molecule has 1 fully saturated rings. The fraction of sp³-hybridized carbons (Fsp3) is 0.321. The number of nitrogens with one attached hydrogen (secondary N) is 1. The van der Waals surface area contributed by atoms with E-state index in [1.165, 1.54) is 4.90 Å². The quantitative estimate of drug-likeness (QED) is 0.563. The van der Waals surface area contributed by atoms with Crippen LogP contribution in [0.4, 0.5) is 4.79 Å². The zero-order valence-corrected chi connectivity index (χ0v) is 23.4. The lowest BCUT2D eigenvalue weighted by Crippen LogP contribution is -2.65. The highest BCUT2D eigenvalue weighted by Crippen LogP contribution is 2.55. The number of carbonyl (C=O) groups is 2. The van der Waals surface area contributed by atoms with Gasteiger partial charge in [0.2, 0.25) is 5.91 Å². The van der Waals surface area contributed by atoms with E-state index in [0.717, 1.165) is 17.4 Å². The monoisotopic (exact) mass is 566 g/mol. The van der Waals surface area contributed by atoms with Crippen molar-refractivity contribution in [1.29, 1.82) is 0 Å². The van der Waals surface area contributed by atoms with Gasteiger partial charge in [-0.15, -0.1) is 0 Å². The van der Waals surface area contributed by atoms with Crippen LogP contribution in [-0.2, 0) is 19.4 Å². The molecule has 0 aromatic heterocycles. The van der Waals surface area contributed by atoms with Gasteiger partial charge in [0.1, 0.15) is 24.0 Å². The van der Waals surface area contributed by atoms with Crippen LogP contribution >= 0.6 is 11.6 Å². The minimum Gasteiger partial charge on any atom is -0.368 e. The van der Waals surface area contributed by atoms with Gasteiger partial charge in [-0.3, -0.25) is 19.6 Å². The third kappa shape index (κ3) is 3.76. The van der Waals surface area contributed by atoms with E-state index < -0.39 is 32.9 Å². The van der Waals surface area contributed by atoms with Crippen molar-refractivity contribution in [3.05, 3.63) is 88.2 Å². The first-order valence-corrected chi connectivity index (χ1v) is 14.7. The Kier molecular flexibility index (Phi) is 5.63. The summed E-state index contributed by atoms with van der Waals surface area (Å²) in [7, 11) is -1.83. The van der Waals surface area contributed by atoms with Crippen molar-refractivity contribution >= 4 is 39.2 Å². The van der Waals surface area contributed by atoms with E-state index in [9.17, 15) is 18.0 Å². The zero-order valence-electron chi connectivity index (χ0n) is 21.8. The summed E-state index contributed by atoms with van der Waals surface area (Å²) in [5, 5.41) is 3.46. The molecule has 9 nitrogen and oxygen atoms in total. The number of amidine groups is 1. The number of nitrogens with zero attached hydrogens (tertiary/aromatic N) is 3. The molecule has 11 heteroatoms. The van der Waals surface area contributed by atoms with Crippen molar-refractivity contribution < 1.29 is 22.7 Å². The van der Waals surface area contributed by atoms with Crippen LogP contribution in [0, 0.1) is 5.41 Å². The van der Waals surface area contributed by atoms with Crippen LogP contribution in [0.2, 0.25) is 5.02 Å². The Bertz CT molecular complexity index is 1630. The number of hydrogen-bond donors (Lipinski definition) is 1. The summed E-state index contributed by atoms with van der Waals surface area (Å²) in [5.41, 5.74) is 0.874. The van der Waals surface area contributed by atoms with Gasteiger partial charge in [0, 0.05) is 18.4 Å². The van der Waals surface area contributed by atoms with E-state index in [0.29, 0.717) is 22.3 Å². The fourth-order valence-electron chi connectivity index (χ4n) is 5.95. The number of aliphatic imine (C=N–C) groups is 1. The SMILES string of the molecule is COC1(C)C=CC2(C)C3=NC(c4ccc(S(C)(=O)=O)cc4)C(c4cccc(Cl)c4)N3C(=O)N3CC(=O)NC1=C32. The molecule has 1 N–H and O–H groups in total. The van der Waals surface area contributed by atoms with Crippen molar-refractivity contribution in [1.82, 2.24) is 15.1 Å². The molecule has 4 aliphatic rings. The lowest BCUT2D eigenvalue weighted by Gasteiger charge is -2.53. The zero-order chi connectivity index (χ0) is 27.9. The standard InChI is InChI=1S/C28H27ClN4O5S/c1-27-12-13-28(2,38-3)23-24(27)32(15-20(34)30-23)26(35)33-22(17-6-5-7-18(29)14-17)21(31-25(27)33)16-8-10-19(11-9-16)39(4,36)37/h5-14,21-22H,15H2,1-4H3,(H,30,34). The fourth-order valence-corrected chi connectivity index (χ4v) is 6.78. The highest BCUT2D eigenvalue weighted by Gasteiger charge is 2.60. The van der Waals surface area contributed by atoms with Crippen molar-refractivity contribution in [3.8, 4) is 0 Å². The van der Waals surface area contributed by atoms with Crippen LogP contribution in [-0.4, -0.2) is 61.5 Å². The highest BCUT2D eigenvalue weighted by atomic mass is 35.5. The summed E-state index contributed by atoms with van der Waals surface area (Å²) in [6, 6.07) is 12.3. The lowest BCUT2D eigenvalue weighted by atomic mass is 9.72. The van der Waals surface area contributed by atoms with Crippen LogP contribution in [0.1, 0.15) is 37.1 Å². The molecule has 4 unspecified atom stereocenters. The van der Waals surface area contributed by atoms with E-state index in [-0.39, 0.29) is 23.4 Å². The van der Waals surface area contributed by atoms with Gasteiger partial charge in [0.05, 0.1) is 27.7 Å². The first kappa shape index (κ1) is 25.8. The van der Waals surface area contributed by atoms with Crippen LogP contribution in [0.3, 0.4) is 0 Å². The Hall–Kier alpha value is -3.47. The molecular formula is C28H27ClN4O5S. The first-order valence-electron chi connectivity index (χ1n) is 12.4. The van der Waals surface area contributed by atoms with Gasteiger partial charge >= 0.3 is 6.03 Å². The molecule has 1 saturated heterocycles. The second kappa shape index (κ2) is 8.51. The Morgan fingerprint density at radius 2 is 1.79 bits per heavy atom. The summed E-state index contributed by atoms with van der Waals surface area (Å²) in [5.74, 6) is 0.221. The molecule has 2 aromatic rings. The van der Waals surface area contributed by atoms with Crippen molar-refractivity contribution in [3.63, 3.8) is 0 Å². The molecule has 6 rings (SSSR count). The molecule has 2 aromatic carbocycles. The molecule has 0 bridgehead atoms. The molecule has 39 heavy (non-hydrogen) atoms. The number of methoxy groups -OCH3 is 1. The second-order valence-electron chi connectivity index (χ2n) is 10.6. The number of sulfone groups is 1. The van der Waals surface area contributed by atoms with E-state index in [4.69, 9.17) is 21.3 Å². The predicted molar refractivity (Wildman–Crippen MR) is 146 cm³/mol. The number of fused-ring (bicyclic) bond motifs is 2. The Morgan fingerprint density at radius 1 is 1.08 bits per heavy atom. The summed E-state index contributed by atoms with van der Waals surface area (Å²) in [6.45, 7) is 3.67. The van der Waals surface area contributed by atoms with Crippen molar-refractivity contribution in [2.45, 2.75) is 36.4 Å². The summed E-state index contributed by atoms with van der Waals surface area (Å²) < 4.78 is 29.9. The van der Waals surface area contributed by atoms with Gasteiger partial charge in [-0.05, 0) is 55.3 Å². The first-order chi connectivity index (χ1) is 18.4. The Morgan fingerprint density at radius 3 is 2.44 bits per heavy atom. The van der Waals surface area contributed by atoms with Crippen molar-refractivity contribution in [2.24, 2.45) is 10.4 Å². The average molecular weight is 567 g/mol. The third-order valence-corrected chi connectivity index (χ3v) is 9.39. The van der Waals surface area contributed by atoms with Crippen LogP contribution in [0.5, 0.6) is 0 Å². The van der Waals surface area contributed by atoms with Crippen LogP contribution in [0.15, 0.2) is 82.0 Å². The summed E-state index contributed by atoms with van der Waals surface area (Å²) in [4.78, 5) is 35.6. The number of carbonyl (C=O) groups excluding carboxylic acids is 2. The maximum absolute atomic E-state index is 14.3. The van der Waals surface area contributed by atoms with Crippen molar-refractivity contribution in [2.75, 3.05) is 19.9 Å².